The zero-order valence-electron chi connectivity index (χ0n) is 22.9. The highest BCUT2D eigenvalue weighted by molar-refractivity contribution is 7.99. The quantitative estimate of drug-likeness (QED) is 0.111. The second-order valence-corrected chi connectivity index (χ2v) is 11.6. The lowest BCUT2D eigenvalue weighted by Gasteiger charge is -2.10. The first-order chi connectivity index (χ1) is 20.8. The van der Waals surface area contributed by atoms with Crippen LogP contribution in [-0.2, 0) is 0 Å². The van der Waals surface area contributed by atoms with Gasteiger partial charge in [0.2, 0.25) is 10.3 Å². The number of rotatable bonds is 11. The molecule has 0 fully saturated rings. The van der Waals surface area contributed by atoms with Gasteiger partial charge in [-0.15, -0.1) is 20.4 Å². The molecule has 0 saturated heterocycles. The molecular formula is C34H28N6S2. The third-order valence-electron chi connectivity index (χ3n) is 6.52. The molecule has 206 valence electrons. The molecule has 0 aliphatic rings. The molecule has 0 unspecified atom stereocenters. The van der Waals surface area contributed by atoms with Gasteiger partial charge in [-0.3, -0.25) is 0 Å². The SMILES string of the molecule is c1ccc(-c2nnc(SCCCCSc3nnc(-c4ccccc4)c(-c4ccccc4)n3)nc2-c2ccccc2)cc1. The van der Waals surface area contributed by atoms with Gasteiger partial charge in [0.25, 0.3) is 0 Å². The standard InChI is InChI=1S/C34H28N6S2/c1-5-15-25(16-6-1)29-31(27-19-9-3-10-20-27)37-39-33(35-29)41-23-13-14-24-42-34-36-30(26-17-7-2-8-18-26)32(38-40-34)28-21-11-4-12-22-28/h1-12,15-22H,13-14,23-24H2. The summed E-state index contributed by atoms with van der Waals surface area (Å²) in [6.07, 6.45) is 2.03. The molecule has 0 aliphatic carbocycles. The first-order valence-corrected chi connectivity index (χ1v) is 15.8. The number of unbranched alkanes of at least 4 members (excludes halogenated alkanes) is 1. The maximum Gasteiger partial charge on any atom is 0.209 e. The minimum absolute atomic E-state index is 0.692. The predicted octanol–water partition coefficient (Wildman–Crippen LogP) is 8.39. The van der Waals surface area contributed by atoms with Gasteiger partial charge < -0.3 is 0 Å². The molecule has 4 aromatic carbocycles. The minimum atomic E-state index is 0.692. The van der Waals surface area contributed by atoms with Crippen LogP contribution < -0.4 is 0 Å². The molecule has 0 radical (unpaired) electrons. The van der Waals surface area contributed by atoms with Crippen molar-refractivity contribution in [3.63, 3.8) is 0 Å². The van der Waals surface area contributed by atoms with E-state index in [2.05, 4.69) is 44.7 Å². The van der Waals surface area contributed by atoms with Gasteiger partial charge in [-0.05, 0) is 12.8 Å². The van der Waals surface area contributed by atoms with Crippen molar-refractivity contribution in [1.82, 2.24) is 30.4 Å². The first-order valence-electron chi connectivity index (χ1n) is 13.8. The molecule has 0 amide bonds. The Bertz CT molecular complexity index is 1590. The fourth-order valence-corrected chi connectivity index (χ4v) is 6.02. The van der Waals surface area contributed by atoms with Gasteiger partial charge in [0, 0.05) is 33.8 Å². The van der Waals surface area contributed by atoms with Gasteiger partial charge in [-0.1, -0.05) is 145 Å². The van der Waals surface area contributed by atoms with E-state index >= 15 is 0 Å². The number of thioether (sulfide) groups is 2. The van der Waals surface area contributed by atoms with Crippen LogP contribution in [0.1, 0.15) is 12.8 Å². The van der Waals surface area contributed by atoms with Gasteiger partial charge in [0.1, 0.15) is 22.8 Å². The molecular weight excluding hydrogens is 557 g/mol. The monoisotopic (exact) mass is 584 g/mol. The largest absolute Gasteiger partial charge is 0.219 e. The summed E-state index contributed by atoms with van der Waals surface area (Å²) in [4.78, 5) is 9.82. The summed E-state index contributed by atoms with van der Waals surface area (Å²) in [5, 5.41) is 19.4. The summed E-state index contributed by atoms with van der Waals surface area (Å²) in [5.74, 6) is 1.81. The lowest BCUT2D eigenvalue weighted by Crippen LogP contribution is -2.00. The van der Waals surface area contributed by atoms with Crippen LogP contribution in [0.4, 0.5) is 0 Å². The van der Waals surface area contributed by atoms with E-state index < -0.39 is 0 Å². The normalized spacial score (nSPS) is 11.0. The molecule has 2 aromatic heterocycles. The summed E-state index contributed by atoms with van der Waals surface area (Å²) >= 11 is 3.28. The highest BCUT2D eigenvalue weighted by atomic mass is 32.2. The molecule has 6 rings (SSSR count). The summed E-state index contributed by atoms with van der Waals surface area (Å²) in [5.41, 5.74) is 7.38. The Labute approximate surface area is 254 Å². The van der Waals surface area contributed by atoms with Gasteiger partial charge in [0.15, 0.2) is 0 Å². The van der Waals surface area contributed by atoms with E-state index in [0.717, 1.165) is 69.4 Å². The summed E-state index contributed by atoms with van der Waals surface area (Å²) in [6.45, 7) is 0. The first kappa shape index (κ1) is 27.8. The Kier molecular flexibility index (Phi) is 9.24. The van der Waals surface area contributed by atoms with Crippen LogP contribution in [0.3, 0.4) is 0 Å². The number of hydrogen-bond donors (Lipinski definition) is 0. The predicted molar refractivity (Wildman–Crippen MR) is 172 cm³/mol. The highest BCUT2D eigenvalue weighted by Gasteiger charge is 2.15. The van der Waals surface area contributed by atoms with Crippen molar-refractivity contribution in [3.05, 3.63) is 121 Å². The van der Waals surface area contributed by atoms with E-state index in [0.29, 0.717) is 10.3 Å². The van der Waals surface area contributed by atoms with E-state index in [9.17, 15) is 0 Å². The molecule has 0 aliphatic heterocycles. The molecule has 6 nitrogen and oxygen atoms in total. The van der Waals surface area contributed by atoms with Gasteiger partial charge in [0.05, 0.1) is 0 Å². The number of benzene rings is 4. The second kappa shape index (κ2) is 14.0. The average Bonchev–Trinajstić information content (AvgIpc) is 3.08. The molecule has 0 spiro atoms. The molecule has 42 heavy (non-hydrogen) atoms. The zero-order valence-corrected chi connectivity index (χ0v) is 24.5. The van der Waals surface area contributed by atoms with E-state index in [1.54, 1.807) is 23.5 Å². The van der Waals surface area contributed by atoms with Crippen LogP contribution in [0, 0.1) is 0 Å². The van der Waals surface area contributed by atoms with Gasteiger partial charge >= 0.3 is 0 Å². The van der Waals surface area contributed by atoms with Crippen molar-refractivity contribution >= 4 is 23.5 Å². The molecule has 2 heterocycles. The smallest absolute Gasteiger partial charge is 0.209 e. The lowest BCUT2D eigenvalue weighted by atomic mass is 10.0. The van der Waals surface area contributed by atoms with Crippen LogP contribution in [-0.4, -0.2) is 41.9 Å². The Balaban J connectivity index is 1.08. The molecule has 0 bridgehead atoms. The Hall–Kier alpha value is -4.40. The summed E-state index contributed by atoms with van der Waals surface area (Å²) < 4.78 is 0. The Morgan fingerprint density at radius 1 is 0.357 bits per heavy atom. The van der Waals surface area contributed by atoms with Gasteiger partial charge in [-0.2, -0.15) is 0 Å². The second-order valence-electron chi connectivity index (χ2n) is 9.45. The Morgan fingerprint density at radius 3 is 1.00 bits per heavy atom. The van der Waals surface area contributed by atoms with Gasteiger partial charge in [-0.25, -0.2) is 9.97 Å². The van der Waals surface area contributed by atoms with Crippen molar-refractivity contribution in [3.8, 4) is 45.0 Å². The van der Waals surface area contributed by atoms with Crippen LogP contribution in [0.5, 0.6) is 0 Å². The van der Waals surface area contributed by atoms with Crippen molar-refractivity contribution in [2.24, 2.45) is 0 Å². The molecule has 0 N–H and O–H groups in total. The number of aromatic nitrogens is 6. The Morgan fingerprint density at radius 2 is 0.667 bits per heavy atom. The van der Waals surface area contributed by atoms with Crippen molar-refractivity contribution in [2.75, 3.05) is 11.5 Å². The molecule has 0 atom stereocenters. The summed E-state index contributed by atoms with van der Waals surface area (Å²) in [7, 11) is 0. The average molecular weight is 585 g/mol. The van der Waals surface area contributed by atoms with Crippen molar-refractivity contribution in [1.29, 1.82) is 0 Å². The van der Waals surface area contributed by atoms with E-state index in [1.165, 1.54) is 0 Å². The third kappa shape index (κ3) is 6.90. The molecule has 8 heteroatoms. The topological polar surface area (TPSA) is 77.3 Å². The van der Waals surface area contributed by atoms with Crippen LogP contribution in [0.15, 0.2) is 132 Å². The highest BCUT2D eigenvalue weighted by Crippen LogP contribution is 2.31. The molecule has 0 saturated carbocycles. The fraction of sp³-hybridized carbons (Fsp3) is 0.118. The van der Waals surface area contributed by atoms with E-state index in [1.807, 2.05) is 97.1 Å². The van der Waals surface area contributed by atoms with E-state index in [4.69, 9.17) is 9.97 Å². The van der Waals surface area contributed by atoms with Crippen LogP contribution in [0.2, 0.25) is 0 Å². The van der Waals surface area contributed by atoms with Crippen molar-refractivity contribution in [2.45, 2.75) is 23.2 Å². The molecule has 6 aromatic rings. The maximum atomic E-state index is 4.91. The third-order valence-corrected chi connectivity index (χ3v) is 8.37. The fourth-order valence-electron chi connectivity index (χ4n) is 4.45. The number of hydrogen-bond acceptors (Lipinski definition) is 8. The zero-order chi connectivity index (χ0) is 28.4. The lowest BCUT2D eigenvalue weighted by molar-refractivity contribution is 0.836. The van der Waals surface area contributed by atoms with Crippen LogP contribution >= 0.6 is 23.5 Å². The summed E-state index contributed by atoms with van der Waals surface area (Å²) in [6, 6.07) is 40.6. The van der Waals surface area contributed by atoms with Crippen LogP contribution in [0.25, 0.3) is 45.0 Å². The number of nitrogens with zero attached hydrogens (tertiary/aromatic N) is 6. The minimum Gasteiger partial charge on any atom is -0.219 e. The van der Waals surface area contributed by atoms with Crippen molar-refractivity contribution < 1.29 is 0 Å². The maximum absolute atomic E-state index is 4.91. The van der Waals surface area contributed by atoms with E-state index in [-0.39, 0.29) is 0 Å².